The minimum absolute atomic E-state index is 0.0289. The SMILES string of the molecule is C#Cc1c(F)ccc2cc(O)cc(-c3c(F)c4nc(OC[C@@]56CCCN5C[C@@]5(CC5(F)F)C6)nc(N5CC6CCC(C5)N6)c4c4cc(C)oc34)c12. The number of aromatic nitrogens is 2. The van der Waals surface area contributed by atoms with Crippen molar-refractivity contribution in [2.45, 2.75) is 69.0 Å². The van der Waals surface area contributed by atoms with Gasteiger partial charge >= 0.3 is 6.01 Å². The molecule has 4 atom stereocenters. The normalized spacial score (nSPS) is 28.0. The Morgan fingerprint density at radius 2 is 1.88 bits per heavy atom. The lowest BCUT2D eigenvalue weighted by molar-refractivity contribution is 0.0647. The maximum Gasteiger partial charge on any atom is 0.319 e. The predicted molar refractivity (Wildman–Crippen MR) is 184 cm³/mol. The molecule has 51 heavy (non-hydrogen) atoms. The molecule has 2 N–H and O–H groups in total. The molecule has 2 bridgehead atoms. The first-order valence-electron chi connectivity index (χ1n) is 17.6. The topological polar surface area (TPSA) is 86.9 Å². The Bertz CT molecular complexity index is 2360. The van der Waals surface area contributed by atoms with Gasteiger partial charge in [-0.25, -0.2) is 17.6 Å². The number of phenols is 1. The number of piperazine rings is 1. The lowest BCUT2D eigenvalue weighted by atomic mass is 9.89. The van der Waals surface area contributed by atoms with Crippen molar-refractivity contribution >= 4 is 38.5 Å². The number of benzene rings is 3. The Morgan fingerprint density at radius 1 is 1.10 bits per heavy atom. The Morgan fingerprint density at radius 3 is 2.63 bits per heavy atom. The number of nitrogens with zero attached hydrogens (tertiary/aromatic N) is 4. The third-order valence-electron chi connectivity index (χ3n) is 12.2. The van der Waals surface area contributed by atoms with Crippen LogP contribution in [0.5, 0.6) is 11.8 Å². The number of phenolic OH excluding ortho intramolecular Hbond substituents is 1. The molecule has 262 valence electrons. The van der Waals surface area contributed by atoms with Crippen LogP contribution in [0.1, 0.15) is 49.8 Å². The fraction of sp³-hybridized carbons (Fsp3) is 0.436. The van der Waals surface area contributed by atoms with Gasteiger partial charge < -0.3 is 24.5 Å². The second-order valence-electron chi connectivity index (χ2n) is 15.4. The summed E-state index contributed by atoms with van der Waals surface area (Å²) in [5, 5.41) is 16.1. The molecule has 8 nitrogen and oxygen atoms in total. The fourth-order valence-corrected chi connectivity index (χ4v) is 9.86. The van der Waals surface area contributed by atoms with Gasteiger partial charge in [0.1, 0.15) is 40.9 Å². The van der Waals surface area contributed by atoms with Crippen molar-refractivity contribution in [3.8, 4) is 35.2 Å². The number of hydrogen-bond donors (Lipinski definition) is 2. The summed E-state index contributed by atoms with van der Waals surface area (Å²) in [7, 11) is 0. The minimum Gasteiger partial charge on any atom is -0.508 e. The maximum absolute atomic E-state index is 17.6. The molecule has 4 aliphatic heterocycles. The van der Waals surface area contributed by atoms with Crippen molar-refractivity contribution in [3.63, 3.8) is 0 Å². The summed E-state index contributed by atoms with van der Waals surface area (Å²) in [5.74, 6) is -0.850. The van der Waals surface area contributed by atoms with Crippen molar-refractivity contribution in [1.82, 2.24) is 20.2 Å². The van der Waals surface area contributed by atoms with Crippen LogP contribution < -0.4 is 15.0 Å². The molecule has 0 radical (unpaired) electrons. The number of alkyl halides is 2. The third kappa shape index (κ3) is 4.46. The summed E-state index contributed by atoms with van der Waals surface area (Å²) in [6, 6.07) is 7.74. The Kier molecular flexibility index (Phi) is 6.40. The molecule has 6 heterocycles. The third-order valence-corrected chi connectivity index (χ3v) is 12.2. The van der Waals surface area contributed by atoms with Gasteiger partial charge in [-0.1, -0.05) is 12.0 Å². The molecule has 2 aromatic heterocycles. The van der Waals surface area contributed by atoms with Gasteiger partial charge in [0.2, 0.25) is 0 Å². The molecule has 5 aliphatic rings. The molecule has 1 spiro atoms. The van der Waals surface area contributed by atoms with E-state index in [0.29, 0.717) is 53.8 Å². The summed E-state index contributed by atoms with van der Waals surface area (Å²) in [6.07, 6.45) is 9.64. The molecule has 5 aromatic rings. The predicted octanol–water partition coefficient (Wildman–Crippen LogP) is 7.05. The summed E-state index contributed by atoms with van der Waals surface area (Å²) < 4.78 is 74.5. The highest BCUT2D eigenvalue weighted by molar-refractivity contribution is 6.18. The standard InChI is InChI=1S/C39H35F4N5O3/c1-3-25-28(40)8-5-21-12-24(49)13-26(29(21)25)30-32(41)33-31(27-11-20(2)51-34(27)30)35(47-14-22-6-7-23(15-47)44-22)46-36(45-33)50-19-38-9-4-10-48(38)18-37(16-38)17-39(37,42)43/h1,5,8,11-13,22-23,44,49H,4,6-7,9-10,14-19H2,2H3/t22?,23?,37-,38-/m0/s1. The lowest BCUT2D eigenvalue weighted by Gasteiger charge is -2.35. The number of terminal acetylenes is 1. The molecule has 4 saturated heterocycles. The van der Waals surface area contributed by atoms with Crippen LogP contribution in [0.2, 0.25) is 0 Å². The lowest BCUT2D eigenvalue weighted by Crippen LogP contribution is -2.51. The smallest absolute Gasteiger partial charge is 0.319 e. The number of aryl methyl sites for hydroxylation is 1. The van der Waals surface area contributed by atoms with Gasteiger partial charge in [-0.05, 0) is 75.2 Å². The zero-order chi connectivity index (χ0) is 35.0. The van der Waals surface area contributed by atoms with E-state index in [1.54, 1.807) is 6.92 Å². The van der Waals surface area contributed by atoms with Crippen LogP contribution in [0, 0.1) is 36.3 Å². The largest absolute Gasteiger partial charge is 0.508 e. The number of rotatable bonds is 5. The number of aromatic hydroxyl groups is 1. The average molecular weight is 698 g/mol. The number of hydrogen-bond acceptors (Lipinski definition) is 8. The van der Waals surface area contributed by atoms with Gasteiger partial charge in [-0.3, -0.25) is 4.90 Å². The highest BCUT2D eigenvalue weighted by atomic mass is 19.3. The summed E-state index contributed by atoms with van der Waals surface area (Å²) in [6.45, 7) is 4.20. The van der Waals surface area contributed by atoms with Gasteiger partial charge in [0, 0.05) is 54.5 Å². The van der Waals surface area contributed by atoms with Gasteiger partial charge in [-0.15, -0.1) is 6.42 Å². The van der Waals surface area contributed by atoms with Gasteiger partial charge in [-0.2, -0.15) is 9.97 Å². The van der Waals surface area contributed by atoms with Gasteiger partial charge in [0.15, 0.2) is 5.82 Å². The molecule has 5 fully saturated rings. The van der Waals surface area contributed by atoms with Crippen molar-refractivity contribution in [2.24, 2.45) is 5.41 Å². The highest BCUT2D eigenvalue weighted by Gasteiger charge is 2.77. The highest BCUT2D eigenvalue weighted by Crippen LogP contribution is 2.69. The van der Waals surface area contributed by atoms with E-state index in [1.165, 1.54) is 24.3 Å². The first-order chi connectivity index (χ1) is 24.5. The first kappa shape index (κ1) is 31.2. The molecule has 2 unspecified atom stereocenters. The van der Waals surface area contributed by atoms with Crippen molar-refractivity contribution in [3.05, 3.63) is 53.3 Å². The molecule has 10 rings (SSSR count). The van der Waals surface area contributed by atoms with E-state index in [1.807, 2.05) is 6.07 Å². The second kappa shape index (κ2) is 10.5. The van der Waals surface area contributed by atoms with Crippen LogP contribution >= 0.6 is 0 Å². The number of nitrogens with one attached hydrogen (secondary N) is 1. The molecule has 1 aliphatic carbocycles. The number of ether oxygens (including phenoxy) is 1. The summed E-state index contributed by atoms with van der Waals surface area (Å²) >= 11 is 0. The van der Waals surface area contributed by atoms with E-state index in [9.17, 15) is 13.9 Å². The van der Waals surface area contributed by atoms with Gasteiger partial charge in [0.05, 0.1) is 27.5 Å². The van der Waals surface area contributed by atoms with Crippen LogP contribution in [0.25, 0.3) is 43.8 Å². The number of halogens is 4. The Balaban J connectivity index is 1.18. The molecular formula is C39H35F4N5O3. The van der Waals surface area contributed by atoms with Crippen molar-refractivity contribution in [2.75, 3.05) is 37.7 Å². The zero-order valence-corrected chi connectivity index (χ0v) is 28.0. The average Bonchev–Trinajstić information content (AvgIpc) is 3.61. The van der Waals surface area contributed by atoms with E-state index < -0.39 is 28.5 Å². The van der Waals surface area contributed by atoms with Crippen LogP contribution in [0.3, 0.4) is 0 Å². The Hall–Kier alpha value is -4.60. The van der Waals surface area contributed by atoms with Crippen LogP contribution in [0.15, 0.2) is 34.7 Å². The number of furan rings is 1. The molecule has 0 amide bonds. The molecular weight excluding hydrogens is 662 g/mol. The fourth-order valence-electron chi connectivity index (χ4n) is 9.86. The van der Waals surface area contributed by atoms with E-state index in [0.717, 1.165) is 32.2 Å². The van der Waals surface area contributed by atoms with Crippen molar-refractivity contribution in [1.29, 1.82) is 0 Å². The van der Waals surface area contributed by atoms with Crippen molar-refractivity contribution < 1.29 is 31.8 Å². The number of fused-ring (bicyclic) bond motifs is 7. The van der Waals surface area contributed by atoms with E-state index in [-0.39, 0.29) is 70.0 Å². The monoisotopic (exact) mass is 697 g/mol. The zero-order valence-electron chi connectivity index (χ0n) is 28.0. The van der Waals surface area contributed by atoms with Crippen LogP contribution in [-0.2, 0) is 0 Å². The Labute approximate surface area is 290 Å². The molecule has 1 saturated carbocycles. The van der Waals surface area contributed by atoms with Gasteiger partial charge in [0.25, 0.3) is 5.92 Å². The van der Waals surface area contributed by atoms with E-state index in [2.05, 4.69) is 21.0 Å². The molecule has 3 aromatic carbocycles. The minimum atomic E-state index is -2.68. The van der Waals surface area contributed by atoms with Crippen LogP contribution in [0.4, 0.5) is 23.4 Å². The van der Waals surface area contributed by atoms with E-state index in [4.69, 9.17) is 25.5 Å². The second-order valence-corrected chi connectivity index (χ2v) is 15.4. The number of anilines is 1. The molecule has 12 heteroatoms. The summed E-state index contributed by atoms with van der Waals surface area (Å²) in [5.41, 5.74) is -1.37. The summed E-state index contributed by atoms with van der Waals surface area (Å²) in [4.78, 5) is 13.9. The quantitative estimate of drug-likeness (QED) is 0.149. The first-order valence-corrected chi connectivity index (χ1v) is 17.6. The maximum atomic E-state index is 17.6. The van der Waals surface area contributed by atoms with E-state index >= 15 is 8.78 Å². The van der Waals surface area contributed by atoms with Crippen LogP contribution in [-0.4, -0.2) is 76.3 Å².